The summed E-state index contributed by atoms with van der Waals surface area (Å²) in [5.74, 6) is 2.33. The maximum atomic E-state index is 12.8. The summed E-state index contributed by atoms with van der Waals surface area (Å²) in [6.45, 7) is 4.76. The van der Waals surface area contributed by atoms with Crippen LogP contribution in [0.15, 0.2) is 60.9 Å². The number of rotatable bonds is 5. The Morgan fingerprint density at radius 1 is 1.03 bits per heavy atom. The Kier molecular flexibility index (Phi) is 5.35. The van der Waals surface area contributed by atoms with Crippen LogP contribution in [0.1, 0.15) is 21.7 Å². The highest BCUT2D eigenvalue weighted by atomic mass is 16.6. The number of nitrogens with zero attached hydrogens (tertiary/aromatic N) is 4. The van der Waals surface area contributed by atoms with Crippen LogP contribution < -0.4 is 19.5 Å². The van der Waals surface area contributed by atoms with E-state index in [4.69, 9.17) is 14.2 Å². The van der Waals surface area contributed by atoms with Gasteiger partial charge in [0.15, 0.2) is 17.3 Å². The van der Waals surface area contributed by atoms with E-state index in [1.165, 1.54) is 6.33 Å². The molecule has 2 aromatic heterocycles. The van der Waals surface area contributed by atoms with Crippen LogP contribution in [0.4, 0.5) is 5.69 Å². The molecule has 0 saturated heterocycles. The van der Waals surface area contributed by atoms with Gasteiger partial charge in [0.1, 0.15) is 25.3 Å². The molecule has 0 spiro atoms. The van der Waals surface area contributed by atoms with E-state index < -0.39 is 0 Å². The molecule has 0 atom stereocenters. The van der Waals surface area contributed by atoms with E-state index in [0.29, 0.717) is 53.4 Å². The first-order valence-corrected chi connectivity index (χ1v) is 10.4. The highest BCUT2D eigenvalue weighted by molar-refractivity contribution is 6.06. The molecule has 0 saturated carbocycles. The number of carbonyl (C=O) groups is 1. The van der Waals surface area contributed by atoms with Crippen LogP contribution in [0.2, 0.25) is 0 Å². The maximum Gasteiger partial charge on any atom is 0.259 e. The van der Waals surface area contributed by atoms with Crippen molar-refractivity contribution in [3.63, 3.8) is 0 Å². The molecule has 2 aromatic carbocycles. The lowest BCUT2D eigenvalue weighted by molar-refractivity contribution is 0.101. The minimum absolute atomic E-state index is 0.281. The second-order valence-corrected chi connectivity index (χ2v) is 7.46. The Balaban J connectivity index is 1.28. The van der Waals surface area contributed by atoms with Gasteiger partial charge in [-0.2, -0.15) is 5.10 Å². The third kappa shape index (κ3) is 4.33. The molecule has 0 radical (unpaired) electrons. The molecule has 1 N–H and O–H groups in total. The van der Waals surface area contributed by atoms with Crippen molar-refractivity contribution in [1.29, 1.82) is 0 Å². The van der Waals surface area contributed by atoms with Gasteiger partial charge in [-0.3, -0.25) is 4.79 Å². The Morgan fingerprint density at radius 3 is 2.64 bits per heavy atom. The molecule has 4 aromatic rings. The van der Waals surface area contributed by atoms with Gasteiger partial charge in [-0.25, -0.2) is 14.6 Å². The number of fused-ring (bicyclic) bond motifs is 1. The molecular formula is C24H21N5O4. The predicted octanol–water partition coefficient (Wildman–Crippen LogP) is 4.09. The number of para-hydroxylation sites is 1. The number of aryl methyl sites for hydroxylation is 2. The first-order valence-electron chi connectivity index (χ1n) is 10.4. The second-order valence-electron chi connectivity index (χ2n) is 7.46. The van der Waals surface area contributed by atoms with E-state index in [-0.39, 0.29) is 5.91 Å². The number of hydrogen-bond acceptors (Lipinski definition) is 7. The molecule has 1 aliphatic heterocycles. The van der Waals surface area contributed by atoms with Gasteiger partial charge in [-0.1, -0.05) is 6.07 Å². The number of benzene rings is 2. The number of ether oxygens (including phenoxy) is 3. The van der Waals surface area contributed by atoms with E-state index in [9.17, 15) is 4.79 Å². The van der Waals surface area contributed by atoms with E-state index in [1.54, 1.807) is 53.2 Å². The first-order chi connectivity index (χ1) is 16.1. The van der Waals surface area contributed by atoms with Crippen molar-refractivity contribution in [3.8, 4) is 28.9 Å². The molecule has 166 valence electrons. The van der Waals surface area contributed by atoms with Crippen LogP contribution in [-0.2, 0) is 0 Å². The van der Waals surface area contributed by atoms with Gasteiger partial charge in [0.05, 0.1) is 11.3 Å². The zero-order valence-electron chi connectivity index (χ0n) is 18.1. The lowest BCUT2D eigenvalue weighted by Crippen LogP contribution is -2.20. The molecule has 0 unspecified atom stereocenters. The minimum atomic E-state index is -0.281. The number of carbonyl (C=O) groups excluding carboxylic acids is 1. The Labute approximate surface area is 190 Å². The third-order valence-electron chi connectivity index (χ3n) is 5.00. The molecule has 1 amide bonds. The van der Waals surface area contributed by atoms with Gasteiger partial charge in [-0.05, 0) is 56.3 Å². The topological polar surface area (TPSA) is 100 Å². The van der Waals surface area contributed by atoms with Crippen LogP contribution >= 0.6 is 0 Å². The summed E-state index contributed by atoms with van der Waals surface area (Å²) in [6, 6.07) is 15.9. The van der Waals surface area contributed by atoms with Crippen LogP contribution in [-0.4, -0.2) is 38.9 Å². The number of hydrogen-bond donors (Lipinski definition) is 1. The molecule has 1 aliphatic rings. The summed E-state index contributed by atoms with van der Waals surface area (Å²) in [6.07, 6.45) is 1.43. The summed E-state index contributed by atoms with van der Waals surface area (Å²) < 4.78 is 18.8. The molecule has 33 heavy (non-hydrogen) atoms. The van der Waals surface area contributed by atoms with Crippen molar-refractivity contribution in [1.82, 2.24) is 19.7 Å². The largest absolute Gasteiger partial charge is 0.486 e. The van der Waals surface area contributed by atoms with Gasteiger partial charge in [0.25, 0.3) is 5.91 Å². The van der Waals surface area contributed by atoms with Crippen molar-refractivity contribution >= 4 is 11.6 Å². The number of nitrogens with one attached hydrogen (secondary N) is 1. The quantitative estimate of drug-likeness (QED) is 0.496. The summed E-state index contributed by atoms with van der Waals surface area (Å²) in [5.41, 5.74) is 2.91. The van der Waals surface area contributed by atoms with Crippen molar-refractivity contribution in [3.05, 3.63) is 77.9 Å². The smallest absolute Gasteiger partial charge is 0.259 e. The van der Waals surface area contributed by atoms with Gasteiger partial charge in [0, 0.05) is 17.4 Å². The standard InChI is InChI=1S/C24H21N5O4/c1-15-12-16(2)29(28-15)21-13-22(26-14-25-21)33-18-8-6-17(7-9-18)27-24(30)19-4-3-5-20-23(19)32-11-10-31-20/h3-9,12-14H,10-11H2,1-2H3,(H,27,30). The molecule has 0 bridgehead atoms. The van der Waals surface area contributed by atoms with Gasteiger partial charge in [-0.15, -0.1) is 0 Å². The number of amides is 1. The lowest BCUT2D eigenvalue weighted by atomic mass is 10.1. The van der Waals surface area contributed by atoms with E-state index >= 15 is 0 Å². The zero-order valence-corrected chi connectivity index (χ0v) is 18.1. The summed E-state index contributed by atoms with van der Waals surface area (Å²) in [4.78, 5) is 21.2. The molecule has 5 rings (SSSR count). The van der Waals surface area contributed by atoms with E-state index in [2.05, 4.69) is 20.4 Å². The van der Waals surface area contributed by atoms with Crippen molar-refractivity contribution in [2.24, 2.45) is 0 Å². The molecule has 0 fully saturated rings. The SMILES string of the molecule is Cc1cc(C)n(-c2cc(Oc3ccc(NC(=O)c4cccc5c4OCCO5)cc3)ncn2)n1. The maximum absolute atomic E-state index is 12.8. The van der Waals surface area contributed by atoms with Crippen molar-refractivity contribution < 1.29 is 19.0 Å². The molecule has 9 heteroatoms. The fraction of sp³-hybridized carbons (Fsp3) is 0.167. The summed E-state index contributed by atoms with van der Waals surface area (Å²) in [5, 5.41) is 7.30. The first kappa shape index (κ1) is 20.5. The molecule has 9 nitrogen and oxygen atoms in total. The second kappa shape index (κ2) is 8.62. The lowest BCUT2D eigenvalue weighted by Gasteiger charge is -2.20. The van der Waals surface area contributed by atoms with E-state index in [0.717, 1.165) is 11.4 Å². The molecular weight excluding hydrogens is 422 g/mol. The Hall–Kier alpha value is -4.40. The average molecular weight is 443 g/mol. The fourth-order valence-electron chi connectivity index (χ4n) is 3.54. The van der Waals surface area contributed by atoms with Crippen molar-refractivity contribution in [2.45, 2.75) is 13.8 Å². The average Bonchev–Trinajstić information content (AvgIpc) is 3.18. The van der Waals surface area contributed by atoms with Crippen LogP contribution in [0.5, 0.6) is 23.1 Å². The van der Waals surface area contributed by atoms with Gasteiger partial charge < -0.3 is 19.5 Å². The van der Waals surface area contributed by atoms with Crippen LogP contribution in [0, 0.1) is 13.8 Å². The monoisotopic (exact) mass is 443 g/mol. The molecule has 0 aliphatic carbocycles. The highest BCUT2D eigenvalue weighted by Gasteiger charge is 2.20. The predicted molar refractivity (Wildman–Crippen MR) is 121 cm³/mol. The minimum Gasteiger partial charge on any atom is -0.486 e. The highest BCUT2D eigenvalue weighted by Crippen LogP contribution is 2.34. The number of anilines is 1. The Bertz CT molecular complexity index is 1320. The third-order valence-corrected chi connectivity index (χ3v) is 5.00. The van der Waals surface area contributed by atoms with Gasteiger partial charge in [0.2, 0.25) is 5.88 Å². The van der Waals surface area contributed by atoms with Crippen LogP contribution in [0.3, 0.4) is 0 Å². The normalized spacial score (nSPS) is 12.3. The van der Waals surface area contributed by atoms with Crippen molar-refractivity contribution in [2.75, 3.05) is 18.5 Å². The Morgan fingerprint density at radius 2 is 1.85 bits per heavy atom. The van der Waals surface area contributed by atoms with Gasteiger partial charge >= 0.3 is 0 Å². The van der Waals surface area contributed by atoms with E-state index in [1.807, 2.05) is 19.9 Å². The molecule has 3 heterocycles. The van der Waals surface area contributed by atoms with Crippen LogP contribution in [0.25, 0.3) is 5.82 Å². The number of aromatic nitrogens is 4. The summed E-state index contributed by atoms with van der Waals surface area (Å²) in [7, 11) is 0. The summed E-state index contributed by atoms with van der Waals surface area (Å²) >= 11 is 0. The zero-order chi connectivity index (χ0) is 22.8. The fourth-order valence-corrected chi connectivity index (χ4v) is 3.54.